The van der Waals surface area contributed by atoms with Gasteiger partial charge in [-0.1, -0.05) is 0 Å². The molecule has 1 aromatic rings. The van der Waals surface area contributed by atoms with Crippen LogP contribution in [-0.4, -0.2) is 56.5 Å². The van der Waals surface area contributed by atoms with E-state index in [1.807, 2.05) is 31.3 Å². The maximum atomic E-state index is 12.1. The van der Waals surface area contributed by atoms with Crippen LogP contribution in [0.4, 0.5) is 5.82 Å². The van der Waals surface area contributed by atoms with Gasteiger partial charge in [0.2, 0.25) is 0 Å². The first-order chi connectivity index (χ1) is 10.4. The van der Waals surface area contributed by atoms with Gasteiger partial charge in [0.25, 0.3) is 0 Å². The minimum atomic E-state index is -2.88. The van der Waals surface area contributed by atoms with Gasteiger partial charge in [-0.05, 0) is 49.4 Å². The fourth-order valence-electron chi connectivity index (χ4n) is 3.25. The first-order valence-electron chi connectivity index (χ1n) is 8.01. The molecule has 6 heteroatoms. The van der Waals surface area contributed by atoms with Gasteiger partial charge in [-0.25, -0.2) is 13.4 Å². The standard InChI is InChI=1S/C16H25N3O2S/c1-18(2)16-10-13(6-7-17-16)11-19-8-3-9-22(20,21)12-15(19)14-4-5-14/h6-7,10,14-15H,3-5,8-9,11-12H2,1-2H3. The van der Waals surface area contributed by atoms with Crippen molar-refractivity contribution in [2.45, 2.75) is 31.8 Å². The lowest BCUT2D eigenvalue weighted by atomic mass is 10.1. The molecule has 1 aromatic heterocycles. The number of sulfone groups is 1. The van der Waals surface area contributed by atoms with Crippen molar-refractivity contribution in [1.29, 1.82) is 0 Å². The molecule has 0 N–H and O–H groups in total. The Morgan fingerprint density at radius 2 is 2.14 bits per heavy atom. The van der Waals surface area contributed by atoms with E-state index in [9.17, 15) is 8.42 Å². The van der Waals surface area contributed by atoms with E-state index >= 15 is 0 Å². The number of pyridine rings is 1. The third-order valence-corrected chi connectivity index (χ3v) is 6.37. The van der Waals surface area contributed by atoms with Crippen LogP contribution < -0.4 is 4.90 Å². The molecule has 2 aliphatic rings. The first kappa shape index (κ1) is 15.7. The van der Waals surface area contributed by atoms with E-state index in [1.54, 1.807) is 0 Å². The molecule has 2 heterocycles. The maximum absolute atomic E-state index is 12.1. The molecule has 2 fully saturated rings. The summed E-state index contributed by atoms with van der Waals surface area (Å²) in [7, 11) is 1.09. The van der Waals surface area contributed by atoms with E-state index in [0.717, 1.165) is 25.3 Å². The largest absolute Gasteiger partial charge is 0.363 e. The lowest BCUT2D eigenvalue weighted by molar-refractivity contribution is 0.188. The molecule has 0 spiro atoms. The Balaban J connectivity index is 1.78. The summed E-state index contributed by atoms with van der Waals surface area (Å²) < 4.78 is 24.2. The van der Waals surface area contributed by atoms with Gasteiger partial charge >= 0.3 is 0 Å². The fourth-order valence-corrected chi connectivity index (χ4v) is 4.99. The SMILES string of the molecule is CN(C)c1cc(CN2CCCS(=O)(=O)CC2C2CC2)ccn1. The van der Waals surface area contributed by atoms with Crippen LogP contribution in [0.5, 0.6) is 0 Å². The van der Waals surface area contributed by atoms with Gasteiger partial charge in [-0.2, -0.15) is 0 Å². The molecule has 1 saturated heterocycles. The number of hydrogen-bond acceptors (Lipinski definition) is 5. The molecule has 122 valence electrons. The summed E-state index contributed by atoms with van der Waals surface area (Å²) in [5.41, 5.74) is 1.21. The second-order valence-electron chi connectivity index (χ2n) is 6.76. The zero-order valence-electron chi connectivity index (χ0n) is 13.4. The van der Waals surface area contributed by atoms with Crippen LogP contribution in [0.25, 0.3) is 0 Å². The molecule has 5 nitrogen and oxygen atoms in total. The van der Waals surface area contributed by atoms with Gasteiger partial charge in [-0.3, -0.25) is 4.90 Å². The molecule has 0 bridgehead atoms. The molecule has 0 amide bonds. The Labute approximate surface area is 133 Å². The van der Waals surface area contributed by atoms with Crippen LogP contribution in [0.3, 0.4) is 0 Å². The van der Waals surface area contributed by atoms with Crippen LogP contribution in [0.15, 0.2) is 18.3 Å². The average molecular weight is 323 g/mol. The molecular weight excluding hydrogens is 298 g/mol. The van der Waals surface area contributed by atoms with E-state index in [4.69, 9.17) is 0 Å². The number of rotatable bonds is 4. The third kappa shape index (κ3) is 3.79. The highest BCUT2D eigenvalue weighted by Crippen LogP contribution is 2.37. The van der Waals surface area contributed by atoms with E-state index in [2.05, 4.69) is 16.0 Å². The quantitative estimate of drug-likeness (QED) is 0.841. The fraction of sp³-hybridized carbons (Fsp3) is 0.688. The van der Waals surface area contributed by atoms with Crippen molar-refractivity contribution in [3.05, 3.63) is 23.9 Å². The number of aromatic nitrogens is 1. The summed E-state index contributed by atoms with van der Waals surface area (Å²) in [5.74, 6) is 2.20. The summed E-state index contributed by atoms with van der Waals surface area (Å²) in [6.45, 7) is 1.69. The van der Waals surface area contributed by atoms with Gasteiger partial charge in [0, 0.05) is 32.9 Å². The lowest BCUT2D eigenvalue weighted by Gasteiger charge is -2.29. The monoisotopic (exact) mass is 323 g/mol. The van der Waals surface area contributed by atoms with Gasteiger partial charge in [0.15, 0.2) is 9.84 Å². The van der Waals surface area contributed by atoms with Crippen molar-refractivity contribution in [3.63, 3.8) is 0 Å². The van der Waals surface area contributed by atoms with Crippen LogP contribution in [0, 0.1) is 5.92 Å². The molecule has 3 rings (SSSR count). The molecule has 1 aliphatic heterocycles. The summed E-state index contributed by atoms with van der Waals surface area (Å²) in [4.78, 5) is 8.73. The normalized spacial score (nSPS) is 25.6. The Hall–Kier alpha value is -1.14. The zero-order valence-corrected chi connectivity index (χ0v) is 14.2. The second kappa shape index (κ2) is 6.16. The second-order valence-corrected chi connectivity index (χ2v) is 8.99. The van der Waals surface area contributed by atoms with E-state index in [-0.39, 0.29) is 6.04 Å². The molecule has 1 saturated carbocycles. The van der Waals surface area contributed by atoms with Gasteiger partial charge < -0.3 is 4.90 Å². The molecule has 22 heavy (non-hydrogen) atoms. The first-order valence-corrected chi connectivity index (χ1v) is 9.83. The van der Waals surface area contributed by atoms with Gasteiger partial charge in [0.05, 0.1) is 11.5 Å². The zero-order chi connectivity index (χ0) is 15.7. The van der Waals surface area contributed by atoms with Gasteiger partial charge in [-0.15, -0.1) is 0 Å². The summed E-state index contributed by atoms with van der Waals surface area (Å²) in [5, 5.41) is 0. The third-order valence-electron chi connectivity index (χ3n) is 4.61. The predicted octanol–water partition coefficient (Wildman–Crippen LogP) is 1.55. The van der Waals surface area contributed by atoms with Crippen LogP contribution >= 0.6 is 0 Å². The highest BCUT2D eigenvalue weighted by atomic mass is 32.2. The van der Waals surface area contributed by atoms with Crippen molar-refractivity contribution in [2.75, 3.05) is 37.0 Å². The molecule has 1 atom stereocenters. The van der Waals surface area contributed by atoms with Crippen molar-refractivity contribution in [3.8, 4) is 0 Å². The minimum Gasteiger partial charge on any atom is -0.363 e. The number of hydrogen-bond donors (Lipinski definition) is 0. The Bertz CT molecular complexity index is 626. The van der Waals surface area contributed by atoms with Crippen molar-refractivity contribution >= 4 is 15.7 Å². The maximum Gasteiger partial charge on any atom is 0.151 e. The number of anilines is 1. The summed E-state index contributed by atoms with van der Waals surface area (Å²) >= 11 is 0. The van der Waals surface area contributed by atoms with E-state index in [1.165, 1.54) is 18.4 Å². The summed E-state index contributed by atoms with van der Waals surface area (Å²) in [6, 6.07) is 4.34. The van der Waals surface area contributed by atoms with Gasteiger partial charge in [0.1, 0.15) is 5.82 Å². The van der Waals surface area contributed by atoms with Crippen LogP contribution in [0.2, 0.25) is 0 Å². The highest BCUT2D eigenvalue weighted by molar-refractivity contribution is 7.91. The topological polar surface area (TPSA) is 53.5 Å². The highest BCUT2D eigenvalue weighted by Gasteiger charge is 2.39. The lowest BCUT2D eigenvalue weighted by Crippen LogP contribution is -2.39. The molecule has 1 aliphatic carbocycles. The molecule has 0 radical (unpaired) electrons. The van der Waals surface area contributed by atoms with E-state index in [0.29, 0.717) is 17.4 Å². The summed E-state index contributed by atoms with van der Waals surface area (Å²) in [6.07, 6.45) is 4.94. The Morgan fingerprint density at radius 3 is 2.82 bits per heavy atom. The van der Waals surface area contributed by atoms with Crippen LogP contribution in [-0.2, 0) is 16.4 Å². The molecular formula is C16H25N3O2S. The van der Waals surface area contributed by atoms with E-state index < -0.39 is 9.84 Å². The minimum absolute atomic E-state index is 0.198. The molecule has 1 unspecified atom stereocenters. The predicted molar refractivity (Wildman–Crippen MR) is 88.8 cm³/mol. The van der Waals surface area contributed by atoms with Crippen molar-refractivity contribution < 1.29 is 8.42 Å². The number of nitrogens with zero attached hydrogens (tertiary/aromatic N) is 3. The smallest absolute Gasteiger partial charge is 0.151 e. The molecule has 0 aromatic carbocycles. The average Bonchev–Trinajstić information content (AvgIpc) is 3.28. The Morgan fingerprint density at radius 1 is 1.36 bits per heavy atom. The Kier molecular flexibility index (Phi) is 4.41. The van der Waals surface area contributed by atoms with Crippen molar-refractivity contribution in [1.82, 2.24) is 9.88 Å². The van der Waals surface area contributed by atoms with Crippen molar-refractivity contribution in [2.24, 2.45) is 5.92 Å². The van der Waals surface area contributed by atoms with Crippen LogP contribution in [0.1, 0.15) is 24.8 Å².